The Kier molecular flexibility index (Phi) is 8.08. The lowest BCUT2D eigenvalue weighted by Gasteiger charge is -2.20. The van der Waals surface area contributed by atoms with Crippen molar-refractivity contribution in [2.75, 3.05) is 27.7 Å². The second kappa shape index (κ2) is 8.72. The highest BCUT2D eigenvalue weighted by molar-refractivity contribution is 14.0. The molecule has 7 nitrogen and oxygen atoms in total. The van der Waals surface area contributed by atoms with Gasteiger partial charge in [0.25, 0.3) is 0 Å². The van der Waals surface area contributed by atoms with Crippen molar-refractivity contribution in [3.05, 3.63) is 18.0 Å². The zero-order valence-electron chi connectivity index (χ0n) is 10.6. The number of nitrogens with zero attached hydrogens (tertiary/aromatic N) is 3. The van der Waals surface area contributed by atoms with E-state index in [0.717, 1.165) is 5.69 Å². The Morgan fingerprint density at radius 2 is 2.33 bits per heavy atom. The van der Waals surface area contributed by atoms with E-state index in [1.165, 1.54) is 6.26 Å². The lowest BCUT2D eigenvalue weighted by atomic mass is 10.4. The normalized spacial score (nSPS) is 10.5. The number of amides is 1. The molecule has 0 unspecified atom stereocenters. The summed E-state index contributed by atoms with van der Waals surface area (Å²) in [6.07, 6.45) is 1.52. The third-order valence-corrected chi connectivity index (χ3v) is 2.15. The van der Waals surface area contributed by atoms with Crippen LogP contribution < -0.4 is 10.6 Å². The second-order valence-electron chi connectivity index (χ2n) is 3.42. The Hall–Kier alpha value is -1.32. The van der Waals surface area contributed by atoms with Gasteiger partial charge in [0.05, 0.1) is 13.1 Å². The Morgan fingerprint density at radius 1 is 1.61 bits per heavy atom. The van der Waals surface area contributed by atoms with Gasteiger partial charge in [-0.1, -0.05) is 5.16 Å². The first-order chi connectivity index (χ1) is 8.17. The molecule has 102 valence electrons. The number of nitrogens with one attached hydrogen (secondary N) is 2. The number of halogens is 1. The topological polar surface area (TPSA) is 82.8 Å². The van der Waals surface area contributed by atoms with Crippen LogP contribution in [0.15, 0.2) is 21.8 Å². The van der Waals surface area contributed by atoms with E-state index in [0.29, 0.717) is 12.5 Å². The summed E-state index contributed by atoms with van der Waals surface area (Å²) in [7, 11) is 5.10. The Bertz CT molecular complexity index is 380. The van der Waals surface area contributed by atoms with Gasteiger partial charge in [-0.2, -0.15) is 0 Å². The maximum Gasteiger partial charge on any atom is 0.239 e. The van der Waals surface area contributed by atoms with Crippen LogP contribution in [0.25, 0.3) is 0 Å². The van der Waals surface area contributed by atoms with Crippen molar-refractivity contribution in [3.63, 3.8) is 0 Å². The number of aliphatic imine (C=N–C) groups is 1. The zero-order valence-corrected chi connectivity index (χ0v) is 13.0. The summed E-state index contributed by atoms with van der Waals surface area (Å²) in [6.45, 7) is 0.746. The molecule has 0 aliphatic carbocycles. The molecule has 1 heterocycles. The van der Waals surface area contributed by atoms with E-state index in [1.807, 2.05) is 11.9 Å². The summed E-state index contributed by atoms with van der Waals surface area (Å²) in [5.41, 5.74) is 0.801. The van der Waals surface area contributed by atoms with Crippen molar-refractivity contribution in [1.29, 1.82) is 0 Å². The fourth-order valence-corrected chi connectivity index (χ4v) is 1.27. The van der Waals surface area contributed by atoms with Crippen molar-refractivity contribution in [2.45, 2.75) is 6.54 Å². The zero-order chi connectivity index (χ0) is 12.7. The van der Waals surface area contributed by atoms with Gasteiger partial charge in [0.2, 0.25) is 5.91 Å². The van der Waals surface area contributed by atoms with Crippen LogP contribution in [0.3, 0.4) is 0 Å². The van der Waals surface area contributed by atoms with E-state index >= 15 is 0 Å². The number of guanidine groups is 1. The highest BCUT2D eigenvalue weighted by Crippen LogP contribution is 1.99. The van der Waals surface area contributed by atoms with Gasteiger partial charge in [0.15, 0.2) is 5.96 Å². The molecule has 0 aromatic carbocycles. The number of carbonyl (C=O) groups excluding carboxylic acids is 1. The first kappa shape index (κ1) is 16.7. The van der Waals surface area contributed by atoms with Gasteiger partial charge in [-0.15, -0.1) is 24.0 Å². The standard InChI is InChI=1S/C10H17N5O2.HI/c1-11-9(16)6-13-10(12-2)15(3)7-8-4-5-17-14-8;/h4-5H,6-7H2,1-3H3,(H,11,16)(H,12,13);1H. The molecule has 2 N–H and O–H groups in total. The largest absolute Gasteiger partial charge is 0.364 e. The predicted molar refractivity (Wildman–Crippen MR) is 78.8 cm³/mol. The van der Waals surface area contributed by atoms with Crippen LogP contribution in [0.5, 0.6) is 0 Å². The number of hydrogen-bond acceptors (Lipinski definition) is 4. The molecule has 0 bridgehead atoms. The second-order valence-corrected chi connectivity index (χ2v) is 3.42. The molecule has 18 heavy (non-hydrogen) atoms. The van der Waals surface area contributed by atoms with Crippen LogP contribution in [0.4, 0.5) is 0 Å². The van der Waals surface area contributed by atoms with Crippen LogP contribution in [-0.4, -0.2) is 49.6 Å². The van der Waals surface area contributed by atoms with E-state index in [-0.39, 0.29) is 36.4 Å². The summed E-state index contributed by atoms with van der Waals surface area (Å²) >= 11 is 0. The number of rotatable bonds is 4. The molecule has 0 aliphatic heterocycles. The summed E-state index contributed by atoms with van der Waals surface area (Å²) in [5, 5.41) is 9.27. The molecule has 8 heteroatoms. The molecule has 0 saturated heterocycles. The first-order valence-electron chi connectivity index (χ1n) is 5.19. The summed E-state index contributed by atoms with van der Waals surface area (Å²) in [6, 6.07) is 1.78. The van der Waals surface area contributed by atoms with Crippen molar-refractivity contribution in [2.24, 2.45) is 4.99 Å². The smallest absolute Gasteiger partial charge is 0.239 e. The van der Waals surface area contributed by atoms with Gasteiger partial charge in [-0.3, -0.25) is 9.79 Å². The number of hydrogen-bond donors (Lipinski definition) is 2. The third-order valence-electron chi connectivity index (χ3n) is 2.15. The molecular formula is C10H18IN5O2. The SMILES string of the molecule is CN=C(NCC(=O)NC)N(C)Cc1ccon1.I. The molecule has 0 spiro atoms. The molecule has 0 fully saturated rings. The minimum atomic E-state index is -0.0963. The number of aromatic nitrogens is 1. The van der Waals surface area contributed by atoms with Crippen LogP contribution >= 0.6 is 24.0 Å². The summed E-state index contributed by atoms with van der Waals surface area (Å²) in [5.74, 6) is 0.526. The van der Waals surface area contributed by atoms with E-state index in [2.05, 4.69) is 20.8 Å². The van der Waals surface area contributed by atoms with E-state index in [4.69, 9.17) is 4.52 Å². The Labute approximate surface area is 123 Å². The highest BCUT2D eigenvalue weighted by Gasteiger charge is 2.09. The molecule has 0 saturated carbocycles. The van der Waals surface area contributed by atoms with E-state index < -0.39 is 0 Å². The first-order valence-corrected chi connectivity index (χ1v) is 5.19. The molecule has 1 amide bonds. The average Bonchev–Trinajstić information content (AvgIpc) is 2.82. The lowest BCUT2D eigenvalue weighted by Crippen LogP contribution is -2.43. The van der Waals surface area contributed by atoms with Gasteiger partial charge in [0.1, 0.15) is 12.0 Å². The van der Waals surface area contributed by atoms with Crippen LogP contribution in [0.2, 0.25) is 0 Å². The maximum absolute atomic E-state index is 11.1. The number of likely N-dealkylation sites (N-methyl/N-ethyl adjacent to an activating group) is 1. The fraction of sp³-hybridized carbons (Fsp3) is 0.500. The van der Waals surface area contributed by atoms with Gasteiger partial charge in [-0.25, -0.2) is 0 Å². The van der Waals surface area contributed by atoms with Crippen molar-refractivity contribution >= 4 is 35.8 Å². The van der Waals surface area contributed by atoms with Crippen molar-refractivity contribution in [3.8, 4) is 0 Å². The quantitative estimate of drug-likeness (QED) is 0.446. The average molecular weight is 367 g/mol. The van der Waals surface area contributed by atoms with Gasteiger partial charge >= 0.3 is 0 Å². The minimum Gasteiger partial charge on any atom is -0.364 e. The molecule has 0 atom stereocenters. The maximum atomic E-state index is 11.1. The van der Waals surface area contributed by atoms with Crippen LogP contribution in [0.1, 0.15) is 5.69 Å². The fourth-order valence-electron chi connectivity index (χ4n) is 1.27. The molecular weight excluding hydrogens is 349 g/mol. The Morgan fingerprint density at radius 3 is 2.83 bits per heavy atom. The molecule has 1 rings (SSSR count). The monoisotopic (exact) mass is 367 g/mol. The highest BCUT2D eigenvalue weighted by atomic mass is 127. The van der Waals surface area contributed by atoms with Gasteiger partial charge < -0.3 is 20.1 Å². The lowest BCUT2D eigenvalue weighted by molar-refractivity contribution is -0.119. The van der Waals surface area contributed by atoms with E-state index in [9.17, 15) is 4.79 Å². The van der Waals surface area contributed by atoms with Crippen molar-refractivity contribution in [1.82, 2.24) is 20.7 Å². The molecule has 1 aromatic heterocycles. The number of carbonyl (C=O) groups is 1. The van der Waals surface area contributed by atoms with Crippen LogP contribution in [0, 0.1) is 0 Å². The molecule has 1 aromatic rings. The Balaban J connectivity index is 0.00000289. The van der Waals surface area contributed by atoms with Gasteiger partial charge in [-0.05, 0) is 0 Å². The van der Waals surface area contributed by atoms with Gasteiger partial charge in [0, 0.05) is 27.2 Å². The molecule has 0 radical (unpaired) electrons. The van der Waals surface area contributed by atoms with E-state index in [1.54, 1.807) is 20.2 Å². The van der Waals surface area contributed by atoms with Crippen molar-refractivity contribution < 1.29 is 9.32 Å². The minimum absolute atomic E-state index is 0. The predicted octanol–water partition coefficient (Wildman–Crippen LogP) is 0.0458. The summed E-state index contributed by atoms with van der Waals surface area (Å²) < 4.78 is 4.74. The summed E-state index contributed by atoms with van der Waals surface area (Å²) in [4.78, 5) is 17.0. The van der Waals surface area contributed by atoms with Crippen LogP contribution in [-0.2, 0) is 11.3 Å². The third kappa shape index (κ3) is 5.34. The molecule has 0 aliphatic rings.